The molecule has 1 aliphatic rings. The van der Waals surface area contributed by atoms with Crippen molar-refractivity contribution in [2.45, 2.75) is 45.1 Å². The molecule has 1 saturated carbocycles. The zero-order valence-corrected chi connectivity index (χ0v) is 14.0. The predicted molar refractivity (Wildman–Crippen MR) is 83.4 cm³/mol. The summed E-state index contributed by atoms with van der Waals surface area (Å²) in [7, 11) is 3.23. The quantitative estimate of drug-likeness (QED) is 0.877. The second kappa shape index (κ2) is 6.35. The van der Waals surface area contributed by atoms with Gasteiger partial charge in [0.25, 0.3) is 0 Å². The fourth-order valence-electron chi connectivity index (χ4n) is 3.09. The lowest BCUT2D eigenvalue weighted by atomic mass is 9.70. The third-order valence-corrected chi connectivity index (χ3v) is 5.14. The van der Waals surface area contributed by atoms with Crippen molar-refractivity contribution >= 4 is 15.9 Å². The molecule has 0 spiro atoms. The summed E-state index contributed by atoms with van der Waals surface area (Å²) in [5.74, 6) is 1.33. The van der Waals surface area contributed by atoms with Crippen LogP contribution in [-0.4, -0.2) is 19.3 Å². The Morgan fingerprint density at radius 3 is 2.20 bits per heavy atom. The topological polar surface area (TPSA) is 38.7 Å². The van der Waals surface area contributed by atoms with Crippen molar-refractivity contribution in [2.24, 2.45) is 5.41 Å². The second-order valence-electron chi connectivity index (χ2n) is 5.85. The molecule has 1 aliphatic carbocycles. The number of hydrogen-bond acceptors (Lipinski definition) is 3. The van der Waals surface area contributed by atoms with Gasteiger partial charge in [-0.1, -0.05) is 42.1 Å². The number of ether oxygens (including phenoxy) is 2. The smallest absolute Gasteiger partial charge is 0.161 e. The van der Waals surface area contributed by atoms with E-state index < -0.39 is 6.10 Å². The lowest BCUT2D eigenvalue weighted by molar-refractivity contribution is 0.00755. The van der Waals surface area contributed by atoms with Gasteiger partial charge in [0.05, 0.1) is 20.3 Å². The monoisotopic (exact) mass is 342 g/mol. The molecule has 1 aromatic rings. The first-order valence-corrected chi connectivity index (χ1v) is 7.90. The maximum absolute atomic E-state index is 10.8. The maximum Gasteiger partial charge on any atom is 0.161 e. The molecule has 0 saturated heterocycles. The van der Waals surface area contributed by atoms with Gasteiger partial charge in [-0.05, 0) is 36.0 Å². The van der Waals surface area contributed by atoms with Crippen molar-refractivity contribution in [1.29, 1.82) is 0 Å². The molecule has 0 aliphatic heterocycles. The molecule has 0 radical (unpaired) electrons. The summed E-state index contributed by atoms with van der Waals surface area (Å²) in [6, 6.07) is 3.75. The second-order valence-corrected chi connectivity index (χ2v) is 6.70. The molecule has 1 atom stereocenters. The summed E-state index contributed by atoms with van der Waals surface area (Å²) in [5, 5.41) is 10.8. The Kier molecular flexibility index (Phi) is 4.97. The fourth-order valence-corrected chi connectivity index (χ4v) is 3.63. The van der Waals surface area contributed by atoms with Gasteiger partial charge in [0.2, 0.25) is 0 Å². The van der Waals surface area contributed by atoms with Crippen molar-refractivity contribution < 1.29 is 14.6 Å². The number of halogens is 1. The first-order chi connectivity index (χ1) is 9.51. The Labute approximate surface area is 129 Å². The molecule has 0 amide bonds. The van der Waals surface area contributed by atoms with Crippen LogP contribution in [0.1, 0.15) is 50.7 Å². The highest BCUT2D eigenvalue weighted by atomic mass is 79.9. The molecule has 2 rings (SSSR count). The molecule has 112 valence electrons. The molecule has 0 heterocycles. The average Bonchev–Trinajstić information content (AvgIpc) is 2.47. The SMILES string of the molecule is COc1cc(Br)c(C(O)C2(C)CCCCC2)cc1OC. The number of methoxy groups -OCH3 is 2. The van der Waals surface area contributed by atoms with Crippen molar-refractivity contribution in [3.05, 3.63) is 22.2 Å². The Bertz CT molecular complexity index is 467. The van der Waals surface area contributed by atoms with Crippen LogP contribution in [0.4, 0.5) is 0 Å². The minimum atomic E-state index is -0.489. The van der Waals surface area contributed by atoms with E-state index in [1.54, 1.807) is 14.2 Å². The summed E-state index contributed by atoms with van der Waals surface area (Å²) in [4.78, 5) is 0. The van der Waals surface area contributed by atoms with E-state index in [1.807, 2.05) is 12.1 Å². The molecular formula is C16H23BrO3. The van der Waals surface area contributed by atoms with Crippen LogP contribution in [0.2, 0.25) is 0 Å². The molecule has 3 nitrogen and oxygen atoms in total. The van der Waals surface area contributed by atoms with Crippen LogP contribution in [-0.2, 0) is 0 Å². The lowest BCUT2D eigenvalue weighted by Crippen LogP contribution is -2.28. The summed E-state index contributed by atoms with van der Waals surface area (Å²) in [6.07, 6.45) is 5.30. The van der Waals surface area contributed by atoms with E-state index in [9.17, 15) is 5.11 Å². The van der Waals surface area contributed by atoms with Gasteiger partial charge in [0.15, 0.2) is 11.5 Å². The fraction of sp³-hybridized carbons (Fsp3) is 0.625. The minimum Gasteiger partial charge on any atom is -0.493 e. The number of aliphatic hydroxyl groups is 1. The number of hydrogen-bond donors (Lipinski definition) is 1. The maximum atomic E-state index is 10.8. The molecule has 1 unspecified atom stereocenters. The van der Waals surface area contributed by atoms with Gasteiger partial charge in [0, 0.05) is 4.47 Å². The Hall–Kier alpha value is -0.740. The van der Waals surface area contributed by atoms with E-state index in [4.69, 9.17) is 9.47 Å². The molecule has 0 bridgehead atoms. The highest BCUT2D eigenvalue weighted by Gasteiger charge is 2.36. The van der Waals surface area contributed by atoms with Gasteiger partial charge >= 0.3 is 0 Å². The van der Waals surface area contributed by atoms with E-state index in [2.05, 4.69) is 22.9 Å². The molecule has 1 aromatic carbocycles. The van der Waals surface area contributed by atoms with Crippen LogP contribution in [0.15, 0.2) is 16.6 Å². The molecule has 4 heteroatoms. The van der Waals surface area contributed by atoms with Gasteiger partial charge in [-0.15, -0.1) is 0 Å². The van der Waals surface area contributed by atoms with Crippen molar-refractivity contribution in [3.63, 3.8) is 0 Å². The molecule has 1 fully saturated rings. The average molecular weight is 343 g/mol. The normalized spacial score (nSPS) is 19.4. The third kappa shape index (κ3) is 2.96. The Morgan fingerprint density at radius 2 is 1.65 bits per heavy atom. The van der Waals surface area contributed by atoms with Crippen molar-refractivity contribution in [2.75, 3.05) is 14.2 Å². The summed E-state index contributed by atoms with van der Waals surface area (Å²) < 4.78 is 11.5. The van der Waals surface area contributed by atoms with Gasteiger partial charge in [-0.25, -0.2) is 0 Å². The van der Waals surface area contributed by atoms with Crippen LogP contribution in [0.5, 0.6) is 11.5 Å². The van der Waals surface area contributed by atoms with Crippen molar-refractivity contribution in [1.82, 2.24) is 0 Å². The minimum absolute atomic E-state index is 0.0552. The molecule has 20 heavy (non-hydrogen) atoms. The summed E-state index contributed by atoms with van der Waals surface area (Å²) >= 11 is 3.55. The molecule has 0 aromatic heterocycles. The van der Waals surface area contributed by atoms with Crippen LogP contribution in [0.25, 0.3) is 0 Å². The number of aliphatic hydroxyl groups excluding tert-OH is 1. The Morgan fingerprint density at radius 1 is 1.10 bits per heavy atom. The van der Waals surface area contributed by atoms with E-state index in [0.29, 0.717) is 11.5 Å². The first kappa shape index (κ1) is 15.6. The zero-order valence-electron chi connectivity index (χ0n) is 12.4. The largest absolute Gasteiger partial charge is 0.493 e. The predicted octanol–water partition coefficient (Wildman–Crippen LogP) is 4.47. The van der Waals surface area contributed by atoms with Gasteiger partial charge < -0.3 is 14.6 Å². The third-order valence-electron chi connectivity index (χ3n) is 4.45. The summed E-state index contributed by atoms with van der Waals surface area (Å²) in [6.45, 7) is 2.18. The standard InChI is InChI=1S/C16H23BrO3/c1-16(7-5-4-6-8-16)15(18)11-9-13(19-2)14(20-3)10-12(11)17/h9-10,15,18H,4-8H2,1-3H3. The van der Waals surface area contributed by atoms with Gasteiger partial charge in [-0.2, -0.15) is 0 Å². The van der Waals surface area contributed by atoms with E-state index in [-0.39, 0.29) is 5.41 Å². The highest BCUT2D eigenvalue weighted by molar-refractivity contribution is 9.10. The van der Waals surface area contributed by atoms with Crippen molar-refractivity contribution in [3.8, 4) is 11.5 Å². The van der Waals surface area contributed by atoms with Crippen LogP contribution < -0.4 is 9.47 Å². The van der Waals surface area contributed by atoms with Crippen LogP contribution in [0.3, 0.4) is 0 Å². The first-order valence-electron chi connectivity index (χ1n) is 7.11. The molecule has 1 N–H and O–H groups in total. The highest BCUT2D eigenvalue weighted by Crippen LogP contribution is 2.48. The van der Waals surface area contributed by atoms with Gasteiger partial charge in [-0.3, -0.25) is 0 Å². The number of rotatable bonds is 4. The van der Waals surface area contributed by atoms with E-state index >= 15 is 0 Å². The lowest BCUT2D eigenvalue weighted by Gasteiger charge is -2.38. The van der Waals surface area contributed by atoms with E-state index in [0.717, 1.165) is 22.9 Å². The zero-order chi connectivity index (χ0) is 14.8. The van der Waals surface area contributed by atoms with E-state index in [1.165, 1.54) is 19.3 Å². The molecular weight excluding hydrogens is 320 g/mol. The van der Waals surface area contributed by atoms with Crippen LogP contribution in [0, 0.1) is 5.41 Å². The summed E-state index contributed by atoms with van der Waals surface area (Å²) in [5.41, 5.74) is 0.826. The van der Waals surface area contributed by atoms with Crippen LogP contribution >= 0.6 is 15.9 Å². The Balaban J connectivity index is 2.36. The number of benzene rings is 1. The van der Waals surface area contributed by atoms with Gasteiger partial charge in [0.1, 0.15) is 0 Å².